The predicted octanol–water partition coefficient (Wildman–Crippen LogP) is 3.03. The summed E-state index contributed by atoms with van der Waals surface area (Å²) in [5.41, 5.74) is 7.88. The summed E-state index contributed by atoms with van der Waals surface area (Å²) in [6, 6.07) is 12.6. The molecular formula is C15H13ClN2O2. The molecule has 0 atom stereocenters. The van der Waals surface area contributed by atoms with Crippen LogP contribution in [-0.4, -0.2) is 12.5 Å². The number of halogens is 1. The minimum absolute atomic E-state index is 0.195. The molecule has 0 saturated heterocycles. The van der Waals surface area contributed by atoms with E-state index in [1.165, 1.54) is 0 Å². The fraction of sp³-hybridized carbons (Fsp3) is 0.133. The van der Waals surface area contributed by atoms with Crippen molar-refractivity contribution in [2.45, 2.75) is 6.42 Å². The number of nitrogens with one attached hydrogen (secondary N) is 2. The average Bonchev–Trinajstić information content (AvgIpc) is 2.92. The molecule has 1 aliphatic rings. The van der Waals surface area contributed by atoms with Gasteiger partial charge in [0.1, 0.15) is 5.75 Å². The monoisotopic (exact) mass is 288 g/mol. The van der Waals surface area contributed by atoms with Crippen LogP contribution in [0, 0.1) is 0 Å². The third-order valence-electron chi connectivity index (χ3n) is 3.10. The molecule has 1 amide bonds. The molecule has 0 aliphatic carbocycles. The summed E-state index contributed by atoms with van der Waals surface area (Å²) in [6.45, 7) is 0.682. The normalized spacial score (nSPS) is 12.4. The van der Waals surface area contributed by atoms with Crippen LogP contribution in [0.15, 0.2) is 42.5 Å². The van der Waals surface area contributed by atoms with Crippen LogP contribution in [-0.2, 0) is 6.42 Å². The molecule has 20 heavy (non-hydrogen) atoms. The third-order valence-corrected chi connectivity index (χ3v) is 3.33. The molecule has 0 spiro atoms. The van der Waals surface area contributed by atoms with Crippen molar-refractivity contribution in [1.29, 1.82) is 0 Å². The maximum absolute atomic E-state index is 12.1. The molecule has 0 bridgehead atoms. The predicted molar refractivity (Wildman–Crippen MR) is 78.2 cm³/mol. The lowest BCUT2D eigenvalue weighted by Gasteiger charge is -2.09. The number of anilines is 1. The van der Waals surface area contributed by atoms with E-state index in [9.17, 15) is 4.79 Å². The van der Waals surface area contributed by atoms with Gasteiger partial charge in [0.25, 0.3) is 5.91 Å². The van der Waals surface area contributed by atoms with E-state index < -0.39 is 0 Å². The fourth-order valence-electron chi connectivity index (χ4n) is 2.10. The largest absolute Gasteiger partial charge is 0.493 e. The second kappa shape index (κ2) is 5.43. The molecule has 3 rings (SSSR count). The Morgan fingerprint density at radius 3 is 2.95 bits per heavy atom. The summed E-state index contributed by atoms with van der Waals surface area (Å²) in [7, 11) is 0. The number of benzene rings is 2. The van der Waals surface area contributed by atoms with Crippen molar-refractivity contribution in [2.24, 2.45) is 0 Å². The lowest BCUT2D eigenvalue weighted by atomic mass is 10.1. The highest BCUT2D eigenvalue weighted by Crippen LogP contribution is 2.25. The Balaban J connectivity index is 1.67. The molecule has 2 aromatic carbocycles. The second-order valence-electron chi connectivity index (χ2n) is 4.51. The Morgan fingerprint density at radius 2 is 2.10 bits per heavy atom. The number of carbonyl (C=O) groups is 1. The summed E-state index contributed by atoms with van der Waals surface area (Å²) >= 11 is 5.87. The molecule has 2 aromatic rings. The third kappa shape index (κ3) is 2.70. The van der Waals surface area contributed by atoms with Gasteiger partial charge in [-0.15, -0.1) is 0 Å². The van der Waals surface area contributed by atoms with Crippen molar-refractivity contribution in [3.63, 3.8) is 0 Å². The lowest BCUT2D eigenvalue weighted by molar-refractivity contribution is 0.0962. The van der Waals surface area contributed by atoms with E-state index >= 15 is 0 Å². The van der Waals surface area contributed by atoms with Crippen molar-refractivity contribution in [3.8, 4) is 5.75 Å². The number of hydrogen-bond donors (Lipinski definition) is 2. The topological polar surface area (TPSA) is 50.4 Å². The van der Waals surface area contributed by atoms with Gasteiger partial charge in [-0.1, -0.05) is 17.7 Å². The lowest BCUT2D eigenvalue weighted by Crippen LogP contribution is -2.29. The molecule has 2 N–H and O–H groups in total. The van der Waals surface area contributed by atoms with E-state index in [-0.39, 0.29) is 5.91 Å². The van der Waals surface area contributed by atoms with E-state index in [1.54, 1.807) is 18.2 Å². The van der Waals surface area contributed by atoms with Gasteiger partial charge in [0.15, 0.2) is 0 Å². The van der Waals surface area contributed by atoms with Gasteiger partial charge in [-0.25, -0.2) is 0 Å². The molecule has 0 radical (unpaired) electrons. The first kappa shape index (κ1) is 12.8. The van der Waals surface area contributed by atoms with E-state index in [2.05, 4.69) is 10.9 Å². The molecule has 0 fully saturated rings. The summed E-state index contributed by atoms with van der Waals surface area (Å²) in [6.07, 6.45) is 0.845. The number of hydrazine groups is 1. The maximum Gasteiger partial charge on any atom is 0.269 e. The van der Waals surface area contributed by atoms with Crippen LogP contribution in [0.25, 0.3) is 0 Å². The molecule has 0 saturated carbocycles. The number of rotatable bonds is 3. The van der Waals surface area contributed by atoms with Gasteiger partial charge in [0.2, 0.25) is 0 Å². The number of amides is 1. The Kier molecular flexibility index (Phi) is 3.48. The van der Waals surface area contributed by atoms with Crippen molar-refractivity contribution in [3.05, 3.63) is 58.6 Å². The number of ether oxygens (including phenoxy) is 1. The van der Waals surface area contributed by atoms with Gasteiger partial charge >= 0.3 is 0 Å². The fourth-order valence-corrected chi connectivity index (χ4v) is 2.29. The van der Waals surface area contributed by atoms with Crippen LogP contribution in [0.5, 0.6) is 5.75 Å². The Labute approximate surface area is 121 Å². The van der Waals surface area contributed by atoms with Gasteiger partial charge in [-0.05, 0) is 42.0 Å². The first-order chi connectivity index (χ1) is 9.72. The van der Waals surface area contributed by atoms with Gasteiger partial charge in [0, 0.05) is 17.0 Å². The van der Waals surface area contributed by atoms with Crippen LogP contribution in [0.3, 0.4) is 0 Å². The highest BCUT2D eigenvalue weighted by Gasteiger charge is 2.14. The zero-order valence-electron chi connectivity index (χ0n) is 10.7. The highest BCUT2D eigenvalue weighted by molar-refractivity contribution is 6.30. The van der Waals surface area contributed by atoms with Crippen molar-refractivity contribution < 1.29 is 9.53 Å². The number of fused-ring (bicyclic) bond motifs is 1. The van der Waals surface area contributed by atoms with Gasteiger partial charge in [-0.3, -0.25) is 15.6 Å². The van der Waals surface area contributed by atoms with E-state index in [0.29, 0.717) is 17.2 Å². The van der Waals surface area contributed by atoms with Gasteiger partial charge in [0.05, 0.1) is 12.3 Å². The van der Waals surface area contributed by atoms with Crippen LogP contribution in [0.4, 0.5) is 5.69 Å². The summed E-state index contributed by atoms with van der Waals surface area (Å²) in [5.74, 6) is 0.670. The van der Waals surface area contributed by atoms with Gasteiger partial charge in [-0.2, -0.15) is 0 Å². The molecule has 0 aromatic heterocycles. The Bertz CT molecular complexity index is 658. The van der Waals surface area contributed by atoms with Crippen LogP contribution >= 0.6 is 11.6 Å². The van der Waals surface area contributed by atoms with Crippen LogP contribution < -0.4 is 15.6 Å². The van der Waals surface area contributed by atoms with Gasteiger partial charge < -0.3 is 4.74 Å². The summed E-state index contributed by atoms with van der Waals surface area (Å²) < 4.78 is 5.41. The minimum Gasteiger partial charge on any atom is -0.493 e. The quantitative estimate of drug-likeness (QED) is 0.854. The minimum atomic E-state index is -0.195. The zero-order valence-corrected chi connectivity index (χ0v) is 11.4. The Morgan fingerprint density at radius 1 is 1.20 bits per heavy atom. The Hall–Kier alpha value is -2.20. The molecule has 102 valence electrons. The van der Waals surface area contributed by atoms with E-state index in [0.717, 1.165) is 23.4 Å². The van der Waals surface area contributed by atoms with Crippen LogP contribution in [0.1, 0.15) is 15.9 Å². The van der Waals surface area contributed by atoms with Crippen molar-refractivity contribution in [1.82, 2.24) is 5.43 Å². The highest BCUT2D eigenvalue weighted by atomic mass is 35.5. The zero-order chi connectivity index (χ0) is 13.9. The molecule has 5 heteroatoms. The summed E-state index contributed by atoms with van der Waals surface area (Å²) in [4.78, 5) is 12.1. The summed E-state index contributed by atoms with van der Waals surface area (Å²) in [5, 5.41) is 0.610. The van der Waals surface area contributed by atoms with E-state index in [1.807, 2.05) is 24.3 Å². The van der Waals surface area contributed by atoms with Crippen LogP contribution in [0.2, 0.25) is 5.02 Å². The van der Waals surface area contributed by atoms with E-state index in [4.69, 9.17) is 16.3 Å². The molecular weight excluding hydrogens is 276 g/mol. The molecule has 4 nitrogen and oxygen atoms in total. The van der Waals surface area contributed by atoms with Crippen molar-refractivity contribution in [2.75, 3.05) is 12.0 Å². The molecule has 1 aliphatic heterocycles. The average molecular weight is 289 g/mol. The van der Waals surface area contributed by atoms with Crippen molar-refractivity contribution >= 4 is 23.2 Å². The SMILES string of the molecule is O=C(NNc1cccc(Cl)c1)c1ccc2c(c1)CCO2. The molecule has 1 heterocycles. The first-order valence-electron chi connectivity index (χ1n) is 6.30. The standard InChI is InChI=1S/C15H13ClN2O2/c16-12-2-1-3-13(9-12)17-18-15(19)11-4-5-14-10(8-11)6-7-20-14/h1-5,8-9,17H,6-7H2,(H,18,19). The first-order valence-corrected chi connectivity index (χ1v) is 6.68. The molecule has 0 unspecified atom stereocenters. The second-order valence-corrected chi connectivity index (χ2v) is 4.95. The number of carbonyl (C=O) groups excluding carboxylic acids is 1. The smallest absolute Gasteiger partial charge is 0.269 e. The number of hydrogen-bond acceptors (Lipinski definition) is 3. The maximum atomic E-state index is 12.1.